The van der Waals surface area contributed by atoms with Crippen LogP contribution in [0.3, 0.4) is 0 Å². The SMILES string of the molecule is Cc1ccc(C)c(OCC(=O)N2CCCNCC2)c1. The Morgan fingerprint density at radius 2 is 2.16 bits per heavy atom. The van der Waals surface area contributed by atoms with Gasteiger partial charge in [0.2, 0.25) is 0 Å². The third-order valence-electron chi connectivity index (χ3n) is 3.39. The Morgan fingerprint density at radius 1 is 1.32 bits per heavy atom. The van der Waals surface area contributed by atoms with Crippen LogP contribution in [0.25, 0.3) is 0 Å². The molecule has 0 bridgehead atoms. The number of ether oxygens (including phenoxy) is 1. The van der Waals surface area contributed by atoms with Crippen molar-refractivity contribution in [2.24, 2.45) is 0 Å². The van der Waals surface area contributed by atoms with E-state index in [1.165, 1.54) is 0 Å². The molecule has 1 aromatic rings. The molecule has 1 heterocycles. The Morgan fingerprint density at radius 3 is 3.00 bits per heavy atom. The van der Waals surface area contributed by atoms with E-state index >= 15 is 0 Å². The lowest BCUT2D eigenvalue weighted by molar-refractivity contribution is -0.133. The molecule has 1 amide bonds. The van der Waals surface area contributed by atoms with Gasteiger partial charge in [0, 0.05) is 19.6 Å². The summed E-state index contributed by atoms with van der Waals surface area (Å²) in [5.74, 6) is 0.880. The van der Waals surface area contributed by atoms with Crippen LogP contribution < -0.4 is 10.1 Å². The molecule has 2 rings (SSSR count). The molecule has 4 heteroatoms. The number of hydrogen-bond donors (Lipinski definition) is 1. The zero-order valence-electron chi connectivity index (χ0n) is 11.7. The monoisotopic (exact) mass is 262 g/mol. The van der Waals surface area contributed by atoms with Gasteiger partial charge in [-0.1, -0.05) is 12.1 Å². The van der Waals surface area contributed by atoms with Crippen LogP contribution in [0.15, 0.2) is 18.2 Å². The summed E-state index contributed by atoms with van der Waals surface area (Å²) in [6.07, 6.45) is 1.01. The van der Waals surface area contributed by atoms with Gasteiger partial charge in [-0.25, -0.2) is 0 Å². The van der Waals surface area contributed by atoms with Crippen molar-refractivity contribution in [2.75, 3.05) is 32.8 Å². The van der Waals surface area contributed by atoms with Crippen LogP contribution in [-0.4, -0.2) is 43.6 Å². The van der Waals surface area contributed by atoms with E-state index in [2.05, 4.69) is 5.32 Å². The van der Waals surface area contributed by atoms with Crippen molar-refractivity contribution in [3.05, 3.63) is 29.3 Å². The molecular formula is C15H22N2O2. The normalized spacial score (nSPS) is 16.0. The quantitative estimate of drug-likeness (QED) is 0.897. The van der Waals surface area contributed by atoms with Crippen molar-refractivity contribution in [2.45, 2.75) is 20.3 Å². The molecule has 0 unspecified atom stereocenters. The van der Waals surface area contributed by atoms with Gasteiger partial charge in [-0.05, 0) is 44.0 Å². The highest BCUT2D eigenvalue weighted by molar-refractivity contribution is 5.77. The minimum Gasteiger partial charge on any atom is -0.483 e. The van der Waals surface area contributed by atoms with Crippen LogP contribution in [0, 0.1) is 13.8 Å². The number of amides is 1. The largest absolute Gasteiger partial charge is 0.483 e. The van der Waals surface area contributed by atoms with Gasteiger partial charge in [-0.3, -0.25) is 4.79 Å². The maximum Gasteiger partial charge on any atom is 0.260 e. The first-order chi connectivity index (χ1) is 9.16. The Hall–Kier alpha value is -1.55. The van der Waals surface area contributed by atoms with Gasteiger partial charge in [0.05, 0.1) is 0 Å². The fourth-order valence-electron chi connectivity index (χ4n) is 2.19. The van der Waals surface area contributed by atoms with E-state index in [0.717, 1.165) is 49.5 Å². The van der Waals surface area contributed by atoms with Crippen LogP contribution in [-0.2, 0) is 4.79 Å². The molecule has 0 spiro atoms. The number of nitrogens with one attached hydrogen (secondary N) is 1. The van der Waals surface area contributed by atoms with Crippen LogP contribution in [0.2, 0.25) is 0 Å². The molecule has 0 aliphatic carbocycles. The Balaban J connectivity index is 1.90. The average Bonchev–Trinajstić information content (AvgIpc) is 2.68. The predicted molar refractivity (Wildman–Crippen MR) is 75.5 cm³/mol. The minimum absolute atomic E-state index is 0.0737. The number of benzene rings is 1. The van der Waals surface area contributed by atoms with Crippen LogP contribution in [0.4, 0.5) is 0 Å². The summed E-state index contributed by atoms with van der Waals surface area (Å²) in [7, 11) is 0. The van der Waals surface area contributed by atoms with Gasteiger partial charge in [-0.2, -0.15) is 0 Å². The molecule has 0 saturated carbocycles. The Labute approximate surface area is 114 Å². The minimum atomic E-state index is 0.0737. The summed E-state index contributed by atoms with van der Waals surface area (Å²) < 4.78 is 5.66. The summed E-state index contributed by atoms with van der Waals surface area (Å²) >= 11 is 0. The average molecular weight is 262 g/mol. The highest BCUT2D eigenvalue weighted by Gasteiger charge is 2.15. The van der Waals surface area contributed by atoms with E-state index < -0.39 is 0 Å². The number of carbonyl (C=O) groups excluding carboxylic acids is 1. The van der Waals surface area contributed by atoms with E-state index in [0.29, 0.717) is 0 Å². The fraction of sp³-hybridized carbons (Fsp3) is 0.533. The van der Waals surface area contributed by atoms with Crippen molar-refractivity contribution >= 4 is 5.91 Å². The molecule has 1 aromatic carbocycles. The van der Waals surface area contributed by atoms with E-state index in [1.807, 2.05) is 36.9 Å². The fourth-order valence-corrected chi connectivity index (χ4v) is 2.19. The molecule has 0 aromatic heterocycles. The summed E-state index contributed by atoms with van der Waals surface area (Å²) in [4.78, 5) is 14.0. The van der Waals surface area contributed by atoms with Crippen LogP contribution >= 0.6 is 0 Å². The highest BCUT2D eigenvalue weighted by Crippen LogP contribution is 2.19. The van der Waals surface area contributed by atoms with Crippen molar-refractivity contribution in [1.29, 1.82) is 0 Å². The third kappa shape index (κ3) is 3.96. The zero-order chi connectivity index (χ0) is 13.7. The molecule has 1 aliphatic heterocycles. The standard InChI is InChI=1S/C15H22N2O2/c1-12-4-5-13(2)14(10-12)19-11-15(18)17-8-3-6-16-7-9-17/h4-5,10,16H,3,6-9,11H2,1-2H3. The van der Waals surface area contributed by atoms with Crippen molar-refractivity contribution < 1.29 is 9.53 Å². The molecule has 0 radical (unpaired) electrons. The number of nitrogens with zero attached hydrogens (tertiary/aromatic N) is 1. The lowest BCUT2D eigenvalue weighted by Gasteiger charge is -2.20. The molecule has 104 valence electrons. The number of aryl methyl sites for hydroxylation is 2. The van der Waals surface area contributed by atoms with Gasteiger partial charge in [0.15, 0.2) is 6.61 Å². The molecule has 1 N–H and O–H groups in total. The zero-order valence-corrected chi connectivity index (χ0v) is 11.7. The summed E-state index contributed by atoms with van der Waals surface area (Å²) in [6, 6.07) is 6.04. The van der Waals surface area contributed by atoms with E-state index in [9.17, 15) is 4.79 Å². The summed E-state index contributed by atoms with van der Waals surface area (Å²) in [5.41, 5.74) is 2.21. The van der Waals surface area contributed by atoms with E-state index in [1.54, 1.807) is 0 Å². The summed E-state index contributed by atoms with van der Waals surface area (Å²) in [5, 5.41) is 3.29. The molecule has 19 heavy (non-hydrogen) atoms. The second-order valence-electron chi connectivity index (χ2n) is 5.04. The van der Waals surface area contributed by atoms with E-state index in [4.69, 9.17) is 4.74 Å². The van der Waals surface area contributed by atoms with Crippen molar-refractivity contribution in [1.82, 2.24) is 10.2 Å². The molecule has 1 aliphatic rings. The van der Waals surface area contributed by atoms with Gasteiger partial charge in [0.25, 0.3) is 5.91 Å². The van der Waals surface area contributed by atoms with Gasteiger partial charge in [-0.15, -0.1) is 0 Å². The first-order valence-electron chi connectivity index (χ1n) is 6.85. The lowest BCUT2D eigenvalue weighted by atomic mass is 10.1. The van der Waals surface area contributed by atoms with Crippen LogP contribution in [0.1, 0.15) is 17.5 Å². The van der Waals surface area contributed by atoms with Gasteiger partial charge >= 0.3 is 0 Å². The first-order valence-corrected chi connectivity index (χ1v) is 6.85. The Bertz CT molecular complexity index is 438. The number of rotatable bonds is 3. The maximum atomic E-state index is 12.1. The van der Waals surface area contributed by atoms with E-state index in [-0.39, 0.29) is 12.5 Å². The maximum absolute atomic E-state index is 12.1. The third-order valence-corrected chi connectivity index (χ3v) is 3.39. The second kappa shape index (κ2) is 6.57. The highest BCUT2D eigenvalue weighted by atomic mass is 16.5. The number of hydrogen-bond acceptors (Lipinski definition) is 3. The summed E-state index contributed by atoms with van der Waals surface area (Å²) in [6.45, 7) is 7.60. The van der Waals surface area contributed by atoms with Gasteiger partial charge < -0.3 is 15.0 Å². The smallest absolute Gasteiger partial charge is 0.260 e. The molecule has 0 atom stereocenters. The van der Waals surface area contributed by atoms with Gasteiger partial charge in [0.1, 0.15) is 5.75 Å². The topological polar surface area (TPSA) is 41.6 Å². The molecule has 1 fully saturated rings. The first kappa shape index (κ1) is 13.9. The van der Waals surface area contributed by atoms with Crippen LogP contribution in [0.5, 0.6) is 5.75 Å². The Kier molecular flexibility index (Phi) is 4.80. The lowest BCUT2D eigenvalue weighted by Crippen LogP contribution is -2.37. The molecular weight excluding hydrogens is 240 g/mol. The molecule has 4 nitrogen and oxygen atoms in total. The van der Waals surface area contributed by atoms with Crippen molar-refractivity contribution in [3.8, 4) is 5.75 Å². The van der Waals surface area contributed by atoms with Crippen molar-refractivity contribution in [3.63, 3.8) is 0 Å². The number of carbonyl (C=O) groups is 1. The molecule has 1 saturated heterocycles. The second-order valence-corrected chi connectivity index (χ2v) is 5.04. The predicted octanol–water partition coefficient (Wildman–Crippen LogP) is 1.50.